The largest absolute Gasteiger partial charge is 0.507 e. The van der Waals surface area contributed by atoms with Gasteiger partial charge in [0.05, 0.1) is 30.3 Å². The third-order valence-electron chi connectivity index (χ3n) is 5.79. The van der Waals surface area contributed by atoms with Gasteiger partial charge >= 0.3 is 5.97 Å². The van der Waals surface area contributed by atoms with E-state index in [-0.39, 0.29) is 17.8 Å². The number of fused-ring (bicyclic) bond motifs is 1. The minimum Gasteiger partial charge on any atom is -0.507 e. The van der Waals surface area contributed by atoms with E-state index in [4.69, 9.17) is 21.3 Å². The summed E-state index contributed by atoms with van der Waals surface area (Å²) in [7, 11) is 1.33. The molecule has 4 rings (SSSR count). The van der Waals surface area contributed by atoms with E-state index in [1.165, 1.54) is 18.4 Å². The summed E-state index contributed by atoms with van der Waals surface area (Å²) in [4.78, 5) is 18.5. The average molecular weight is 495 g/mol. The van der Waals surface area contributed by atoms with Crippen molar-refractivity contribution in [1.82, 2.24) is 9.55 Å². The van der Waals surface area contributed by atoms with E-state index in [2.05, 4.69) is 11.5 Å². The maximum atomic E-state index is 12.7. The molecule has 176 valence electrons. The summed E-state index contributed by atoms with van der Waals surface area (Å²) in [5.74, 6) is 0.286. The number of benzene rings is 2. The molecule has 2 aromatic carbocycles. The van der Waals surface area contributed by atoms with Gasteiger partial charge in [-0.15, -0.1) is 11.3 Å². The molecule has 0 amide bonds. The molecule has 2 aromatic heterocycles. The fourth-order valence-corrected chi connectivity index (χ4v) is 4.96. The lowest BCUT2D eigenvalue weighted by Crippen LogP contribution is -2.11. The first-order chi connectivity index (χ1) is 16.5. The van der Waals surface area contributed by atoms with Crippen molar-refractivity contribution in [2.75, 3.05) is 7.11 Å². The Morgan fingerprint density at radius 1 is 1.15 bits per heavy atom. The highest BCUT2D eigenvalue weighted by Gasteiger charge is 2.23. The van der Waals surface area contributed by atoms with Crippen LogP contribution in [0.3, 0.4) is 0 Å². The molecular weight excluding hydrogens is 468 g/mol. The fraction of sp³-hybridized carbons (Fsp3) is 0.259. The summed E-state index contributed by atoms with van der Waals surface area (Å²) in [5.41, 5.74) is 3.28. The van der Waals surface area contributed by atoms with Gasteiger partial charge in [-0.25, -0.2) is 9.78 Å². The maximum Gasteiger partial charge on any atom is 0.337 e. The van der Waals surface area contributed by atoms with Crippen LogP contribution in [0.4, 0.5) is 0 Å². The number of para-hydroxylation sites is 1. The number of ether oxygens (including phenoxy) is 1. The molecule has 0 saturated carbocycles. The van der Waals surface area contributed by atoms with E-state index in [9.17, 15) is 9.90 Å². The van der Waals surface area contributed by atoms with Crippen molar-refractivity contribution in [3.8, 4) is 0 Å². The summed E-state index contributed by atoms with van der Waals surface area (Å²) in [6.45, 7) is 2.66. The molecule has 0 fully saturated rings. The Balaban J connectivity index is 1.91. The maximum absolute atomic E-state index is 12.7. The Hall–Kier alpha value is -3.09. The van der Waals surface area contributed by atoms with Crippen molar-refractivity contribution in [2.45, 2.75) is 39.2 Å². The van der Waals surface area contributed by atoms with Crippen LogP contribution in [0.2, 0.25) is 5.02 Å². The molecule has 0 aliphatic rings. The second-order valence-corrected chi connectivity index (χ2v) is 9.50. The van der Waals surface area contributed by atoms with Crippen molar-refractivity contribution in [1.29, 1.82) is 0 Å². The third-order valence-corrected chi connectivity index (χ3v) is 7.03. The molecular formula is C27H27ClN2O3S. The van der Waals surface area contributed by atoms with E-state index >= 15 is 0 Å². The number of imidazole rings is 1. The van der Waals surface area contributed by atoms with Crippen LogP contribution in [-0.4, -0.2) is 27.7 Å². The molecule has 0 atom stereocenters. The number of thiophene rings is 1. The minimum atomic E-state index is -0.550. The first-order valence-electron chi connectivity index (χ1n) is 11.3. The molecule has 0 unspecified atom stereocenters. The molecule has 2 heterocycles. The molecule has 0 spiro atoms. The molecule has 0 aliphatic heterocycles. The van der Waals surface area contributed by atoms with Gasteiger partial charge in [-0.05, 0) is 41.6 Å². The van der Waals surface area contributed by atoms with Crippen LogP contribution in [-0.2, 0) is 28.9 Å². The Labute approximate surface area is 208 Å². The smallest absolute Gasteiger partial charge is 0.337 e. The summed E-state index contributed by atoms with van der Waals surface area (Å²) in [6, 6.07) is 17.2. The lowest BCUT2D eigenvalue weighted by atomic mass is 10.0. The van der Waals surface area contributed by atoms with Gasteiger partial charge in [0.1, 0.15) is 11.6 Å². The topological polar surface area (TPSA) is 64.3 Å². The van der Waals surface area contributed by atoms with Gasteiger partial charge in [-0.1, -0.05) is 55.3 Å². The first kappa shape index (κ1) is 24.0. The summed E-state index contributed by atoms with van der Waals surface area (Å²) in [6.07, 6.45) is 3.13. The second kappa shape index (κ2) is 10.9. The number of methoxy groups -OCH3 is 1. The van der Waals surface area contributed by atoms with Gasteiger partial charge in [-0.2, -0.15) is 0 Å². The number of unbranched alkanes of at least 4 members (excludes halogenated alkanes) is 1. The van der Waals surface area contributed by atoms with E-state index < -0.39 is 5.97 Å². The summed E-state index contributed by atoms with van der Waals surface area (Å²) >= 11 is 8.02. The lowest BCUT2D eigenvalue weighted by molar-refractivity contribution is -0.136. The number of aromatic nitrogens is 2. The van der Waals surface area contributed by atoms with Crippen LogP contribution in [0, 0.1) is 0 Å². The van der Waals surface area contributed by atoms with Gasteiger partial charge in [0.25, 0.3) is 0 Å². The fourth-order valence-electron chi connectivity index (χ4n) is 4.04. The van der Waals surface area contributed by atoms with Crippen molar-refractivity contribution >= 4 is 45.7 Å². The number of carbonyl (C=O) groups excluding carboxylic acids is 1. The third kappa shape index (κ3) is 5.03. The van der Waals surface area contributed by atoms with Gasteiger partial charge < -0.3 is 14.4 Å². The van der Waals surface area contributed by atoms with Crippen molar-refractivity contribution in [3.05, 3.63) is 92.4 Å². The zero-order valence-electron chi connectivity index (χ0n) is 19.3. The Bertz CT molecular complexity index is 1330. The SMILES string of the molecule is CCCCc1nc2cccc(C(O)=C(Cc3cccs3)C(=O)OC)c2n1Cc1ccccc1Cl. The summed E-state index contributed by atoms with van der Waals surface area (Å²) < 4.78 is 7.13. The number of halogens is 1. The molecule has 0 aliphatic carbocycles. The predicted molar refractivity (Wildman–Crippen MR) is 138 cm³/mol. The Morgan fingerprint density at radius 3 is 2.68 bits per heavy atom. The van der Waals surface area contributed by atoms with Crippen molar-refractivity contribution in [3.63, 3.8) is 0 Å². The van der Waals surface area contributed by atoms with E-state index in [1.807, 2.05) is 60.0 Å². The number of rotatable bonds is 9. The van der Waals surface area contributed by atoms with Crippen molar-refractivity contribution in [2.24, 2.45) is 0 Å². The predicted octanol–water partition coefficient (Wildman–Crippen LogP) is 6.83. The molecule has 0 bridgehead atoms. The van der Waals surface area contributed by atoms with Gasteiger partial charge in [0.2, 0.25) is 0 Å². The van der Waals surface area contributed by atoms with Crippen LogP contribution in [0.1, 0.15) is 41.6 Å². The normalized spacial score (nSPS) is 12.1. The zero-order valence-corrected chi connectivity index (χ0v) is 20.8. The van der Waals surface area contributed by atoms with Crippen LogP contribution in [0.5, 0.6) is 0 Å². The van der Waals surface area contributed by atoms with Gasteiger partial charge in [-0.3, -0.25) is 0 Å². The molecule has 0 radical (unpaired) electrons. The number of aliphatic hydroxyl groups excluding tert-OH is 1. The van der Waals surface area contributed by atoms with Crippen LogP contribution in [0.15, 0.2) is 65.6 Å². The highest BCUT2D eigenvalue weighted by Crippen LogP contribution is 2.31. The molecule has 5 nitrogen and oxygen atoms in total. The van der Waals surface area contributed by atoms with Crippen LogP contribution in [0.25, 0.3) is 16.8 Å². The molecule has 1 N–H and O–H groups in total. The van der Waals surface area contributed by atoms with Gasteiger partial charge in [0, 0.05) is 28.3 Å². The monoisotopic (exact) mass is 494 g/mol. The molecule has 0 saturated heterocycles. The first-order valence-corrected chi connectivity index (χ1v) is 12.5. The number of hydrogen-bond acceptors (Lipinski definition) is 5. The number of esters is 1. The lowest BCUT2D eigenvalue weighted by Gasteiger charge is -2.14. The zero-order chi connectivity index (χ0) is 24.1. The molecule has 7 heteroatoms. The highest BCUT2D eigenvalue weighted by atomic mass is 35.5. The average Bonchev–Trinajstić information content (AvgIpc) is 3.49. The molecule has 4 aromatic rings. The van der Waals surface area contributed by atoms with E-state index in [0.29, 0.717) is 17.1 Å². The number of nitrogens with zero attached hydrogens (tertiary/aromatic N) is 2. The Morgan fingerprint density at radius 2 is 1.97 bits per heavy atom. The Kier molecular flexibility index (Phi) is 7.70. The van der Waals surface area contributed by atoms with Crippen LogP contribution < -0.4 is 0 Å². The van der Waals surface area contributed by atoms with Crippen LogP contribution >= 0.6 is 22.9 Å². The molecule has 34 heavy (non-hydrogen) atoms. The highest BCUT2D eigenvalue weighted by molar-refractivity contribution is 7.09. The number of aliphatic hydroxyl groups is 1. The van der Waals surface area contributed by atoms with E-state index in [1.54, 1.807) is 0 Å². The number of hydrogen-bond donors (Lipinski definition) is 1. The summed E-state index contributed by atoms with van der Waals surface area (Å²) in [5, 5.41) is 14.0. The van der Waals surface area contributed by atoms with E-state index in [0.717, 1.165) is 46.6 Å². The number of aryl methyl sites for hydroxylation is 1. The van der Waals surface area contributed by atoms with Crippen molar-refractivity contribution < 1.29 is 14.6 Å². The quantitative estimate of drug-likeness (QED) is 0.157. The number of carbonyl (C=O) groups is 1. The van der Waals surface area contributed by atoms with Gasteiger partial charge in [0.15, 0.2) is 0 Å². The standard InChI is InChI=1S/C27H27ClN2O3S/c1-3-4-14-24-29-23-13-7-11-20(25(23)30(24)17-18-9-5-6-12-22(18)28)26(31)21(27(32)33-2)16-19-10-8-15-34-19/h5-13,15,31H,3-4,14,16-17H2,1-2H3. The minimum absolute atomic E-state index is 0.0896. The second-order valence-electron chi connectivity index (χ2n) is 8.06.